The molecular formula is C11H16N2O2. The zero-order valence-corrected chi connectivity index (χ0v) is 9.10. The van der Waals surface area contributed by atoms with Crippen molar-refractivity contribution in [2.75, 3.05) is 14.1 Å². The Morgan fingerprint density at radius 1 is 1.47 bits per heavy atom. The van der Waals surface area contributed by atoms with Crippen LogP contribution in [0.1, 0.15) is 17.7 Å². The van der Waals surface area contributed by atoms with Crippen LogP contribution < -0.4 is 0 Å². The molecule has 1 aromatic heterocycles. The fraction of sp³-hybridized carbons (Fsp3) is 0.455. The number of aryl methyl sites for hydroxylation is 1. The van der Waals surface area contributed by atoms with Crippen molar-refractivity contribution < 1.29 is 9.90 Å². The molecule has 1 aromatic rings. The minimum atomic E-state index is -0.771. The van der Waals surface area contributed by atoms with Crippen molar-refractivity contribution in [2.45, 2.75) is 19.4 Å². The first-order valence-corrected chi connectivity index (χ1v) is 4.88. The Hall–Kier alpha value is -1.42. The van der Waals surface area contributed by atoms with Crippen molar-refractivity contribution in [1.29, 1.82) is 0 Å². The van der Waals surface area contributed by atoms with Crippen LogP contribution in [-0.4, -0.2) is 35.1 Å². The SMILES string of the molecule is CN(C)Cc1ccc(CCC(=O)O)cn1. The van der Waals surface area contributed by atoms with Gasteiger partial charge in [-0.25, -0.2) is 0 Å². The molecule has 1 heterocycles. The minimum Gasteiger partial charge on any atom is -0.481 e. The standard InChI is InChI=1S/C11H16N2O2/c1-13(2)8-10-5-3-9(7-12-10)4-6-11(14)15/h3,5,7H,4,6,8H2,1-2H3,(H,14,15). The summed E-state index contributed by atoms with van der Waals surface area (Å²) in [6, 6.07) is 3.88. The first-order chi connectivity index (χ1) is 7.08. The number of carboxylic acid groups (broad SMARTS) is 1. The van der Waals surface area contributed by atoms with Gasteiger partial charge in [0.2, 0.25) is 0 Å². The average Bonchev–Trinajstić information content (AvgIpc) is 2.16. The number of aliphatic carboxylic acids is 1. The van der Waals surface area contributed by atoms with Gasteiger partial charge in [0.05, 0.1) is 5.69 Å². The number of carbonyl (C=O) groups is 1. The van der Waals surface area contributed by atoms with Gasteiger partial charge in [-0.3, -0.25) is 9.78 Å². The maximum absolute atomic E-state index is 10.4. The van der Waals surface area contributed by atoms with Crippen molar-refractivity contribution in [3.05, 3.63) is 29.6 Å². The van der Waals surface area contributed by atoms with Gasteiger partial charge in [0.1, 0.15) is 0 Å². The van der Waals surface area contributed by atoms with Gasteiger partial charge >= 0.3 is 5.97 Å². The first kappa shape index (κ1) is 11.7. The third kappa shape index (κ3) is 4.56. The molecule has 0 saturated carbocycles. The molecule has 0 bridgehead atoms. The highest BCUT2D eigenvalue weighted by molar-refractivity contribution is 5.67. The Morgan fingerprint density at radius 2 is 2.20 bits per heavy atom. The molecule has 0 fully saturated rings. The van der Waals surface area contributed by atoms with E-state index in [1.165, 1.54) is 0 Å². The lowest BCUT2D eigenvalue weighted by molar-refractivity contribution is -0.136. The summed E-state index contributed by atoms with van der Waals surface area (Å²) in [5.74, 6) is -0.771. The predicted molar refractivity (Wildman–Crippen MR) is 57.6 cm³/mol. The Bertz CT molecular complexity index is 320. The van der Waals surface area contributed by atoms with Crippen LogP contribution in [0.15, 0.2) is 18.3 Å². The van der Waals surface area contributed by atoms with Crippen LogP contribution in [0.4, 0.5) is 0 Å². The number of carboxylic acids is 1. The van der Waals surface area contributed by atoms with Crippen LogP contribution in [0.5, 0.6) is 0 Å². The summed E-state index contributed by atoms with van der Waals surface area (Å²) in [7, 11) is 3.97. The second-order valence-corrected chi connectivity index (χ2v) is 3.79. The van der Waals surface area contributed by atoms with E-state index in [4.69, 9.17) is 5.11 Å². The Labute approximate surface area is 89.6 Å². The molecule has 4 nitrogen and oxygen atoms in total. The van der Waals surface area contributed by atoms with E-state index in [1.54, 1.807) is 6.20 Å². The smallest absolute Gasteiger partial charge is 0.303 e. The lowest BCUT2D eigenvalue weighted by atomic mass is 10.1. The van der Waals surface area contributed by atoms with Gasteiger partial charge in [0.25, 0.3) is 0 Å². The molecule has 4 heteroatoms. The second-order valence-electron chi connectivity index (χ2n) is 3.79. The molecule has 0 aliphatic heterocycles. The first-order valence-electron chi connectivity index (χ1n) is 4.88. The van der Waals surface area contributed by atoms with Crippen LogP contribution in [0.25, 0.3) is 0 Å². The molecule has 0 atom stereocenters. The summed E-state index contributed by atoms with van der Waals surface area (Å²) in [5, 5.41) is 8.52. The highest BCUT2D eigenvalue weighted by atomic mass is 16.4. The number of aromatic nitrogens is 1. The van der Waals surface area contributed by atoms with Gasteiger partial charge in [0.15, 0.2) is 0 Å². The monoisotopic (exact) mass is 208 g/mol. The molecular weight excluding hydrogens is 192 g/mol. The van der Waals surface area contributed by atoms with E-state index >= 15 is 0 Å². The van der Waals surface area contributed by atoms with Crippen LogP contribution in [-0.2, 0) is 17.8 Å². The van der Waals surface area contributed by atoms with Gasteiger partial charge < -0.3 is 10.0 Å². The number of rotatable bonds is 5. The zero-order chi connectivity index (χ0) is 11.3. The van der Waals surface area contributed by atoms with E-state index in [9.17, 15) is 4.79 Å². The largest absolute Gasteiger partial charge is 0.481 e. The lowest BCUT2D eigenvalue weighted by Gasteiger charge is -2.08. The van der Waals surface area contributed by atoms with E-state index in [0.29, 0.717) is 6.42 Å². The summed E-state index contributed by atoms with van der Waals surface area (Å²) in [6.07, 6.45) is 2.46. The molecule has 82 valence electrons. The molecule has 0 radical (unpaired) electrons. The van der Waals surface area contributed by atoms with E-state index in [2.05, 4.69) is 4.98 Å². The number of nitrogens with zero attached hydrogens (tertiary/aromatic N) is 2. The van der Waals surface area contributed by atoms with Crippen molar-refractivity contribution in [2.24, 2.45) is 0 Å². The van der Waals surface area contributed by atoms with Gasteiger partial charge in [-0.2, -0.15) is 0 Å². The van der Waals surface area contributed by atoms with Crippen molar-refractivity contribution in [3.8, 4) is 0 Å². The second kappa shape index (κ2) is 5.46. The van der Waals surface area contributed by atoms with Crippen molar-refractivity contribution >= 4 is 5.97 Å². The number of hydrogen-bond acceptors (Lipinski definition) is 3. The lowest BCUT2D eigenvalue weighted by Crippen LogP contribution is -2.11. The molecule has 0 aliphatic rings. The zero-order valence-electron chi connectivity index (χ0n) is 9.10. The molecule has 0 unspecified atom stereocenters. The molecule has 0 spiro atoms. The predicted octanol–water partition coefficient (Wildman–Crippen LogP) is 1.16. The van der Waals surface area contributed by atoms with Crippen molar-refractivity contribution in [1.82, 2.24) is 9.88 Å². The highest BCUT2D eigenvalue weighted by Crippen LogP contribution is 2.04. The van der Waals surface area contributed by atoms with E-state index in [1.807, 2.05) is 31.1 Å². The van der Waals surface area contributed by atoms with Gasteiger partial charge in [0, 0.05) is 19.2 Å². The topological polar surface area (TPSA) is 53.4 Å². The maximum Gasteiger partial charge on any atom is 0.303 e. The number of pyridine rings is 1. The number of hydrogen-bond donors (Lipinski definition) is 1. The van der Waals surface area contributed by atoms with Crippen LogP contribution in [0.3, 0.4) is 0 Å². The Balaban J connectivity index is 2.52. The summed E-state index contributed by atoms with van der Waals surface area (Å²) >= 11 is 0. The van der Waals surface area contributed by atoms with E-state index in [-0.39, 0.29) is 6.42 Å². The van der Waals surface area contributed by atoms with Crippen LogP contribution >= 0.6 is 0 Å². The maximum atomic E-state index is 10.4. The summed E-state index contributed by atoms with van der Waals surface area (Å²) < 4.78 is 0. The fourth-order valence-electron chi connectivity index (χ4n) is 1.27. The van der Waals surface area contributed by atoms with Gasteiger partial charge in [-0.1, -0.05) is 6.07 Å². The highest BCUT2D eigenvalue weighted by Gasteiger charge is 2.00. The van der Waals surface area contributed by atoms with E-state index < -0.39 is 5.97 Å². The fourth-order valence-corrected chi connectivity index (χ4v) is 1.27. The van der Waals surface area contributed by atoms with Crippen LogP contribution in [0, 0.1) is 0 Å². The van der Waals surface area contributed by atoms with Crippen LogP contribution in [0.2, 0.25) is 0 Å². The Morgan fingerprint density at radius 3 is 2.67 bits per heavy atom. The molecule has 15 heavy (non-hydrogen) atoms. The molecule has 0 aliphatic carbocycles. The third-order valence-electron chi connectivity index (χ3n) is 1.99. The van der Waals surface area contributed by atoms with Gasteiger partial charge in [-0.05, 0) is 32.1 Å². The van der Waals surface area contributed by atoms with Crippen molar-refractivity contribution in [3.63, 3.8) is 0 Å². The normalized spacial score (nSPS) is 10.6. The summed E-state index contributed by atoms with van der Waals surface area (Å²) in [4.78, 5) is 16.7. The molecule has 0 aromatic carbocycles. The minimum absolute atomic E-state index is 0.161. The van der Waals surface area contributed by atoms with E-state index in [0.717, 1.165) is 17.8 Å². The summed E-state index contributed by atoms with van der Waals surface area (Å²) in [6.45, 7) is 0.805. The third-order valence-corrected chi connectivity index (χ3v) is 1.99. The quantitative estimate of drug-likeness (QED) is 0.789. The van der Waals surface area contributed by atoms with Gasteiger partial charge in [-0.15, -0.1) is 0 Å². The molecule has 0 amide bonds. The molecule has 1 N–H and O–H groups in total. The summed E-state index contributed by atoms with van der Waals surface area (Å²) in [5.41, 5.74) is 1.97. The molecule has 1 rings (SSSR count). The Kier molecular flexibility index (Phi) is 4.24. The molecule has 0 saturated heterocycles. The average molecular weight is 208 g/mol.